The molecule has 0 saturated carbocycles. The molecule has 1 N–H and O–H groups in total. The minimum Gasteiger partial charge on any atom is -0.478 e. The summed E-state index contributed by atoms with van der Waals surface area (Å²) in [5.41, 5.74) is 1.00. The van der Waals surface area contributed by atoms with Crippen LogP contribution in [0, 0.1) is 0 Å². The van der Waals surface area contributed by atoms with E-state index in [1.165, 1.54) is 0 Å². The molecule has 0 aliphatic heterocycles. The van der Waals surface area contributed by atoms with Crippen LogP contribution in [0.5, 0.6) is 5.88 Å². The highest BCUT2D eigenvalue weighted by atomic mass is 19.4. The predicted molar refractivity (Wildman–Crippen MR) is 62.5 cm³/mol. The minimum absolute atomic E-state index is 0.0213. The number of rotatable bonds is 6. The van der Waals surface area contributed by atoms with Gasteiger partial charge in [0.15, 0.2) is 0 Å². The number of nitrogens with one attached hydrogen (secondary N) is 1. The van der Waals surface area contributed by atoms with E-state index in [4.69, 9.17) is 4.74 Å². The SMILES string of the molecule is CNC(C)c1ccc(OCCCC(F)(F)F)nc1. The third-order valence-corrected chi connectivity index (χ3v) is 2.55. The number of ether oxygens (including phenoxy) is 1. The largest absolute Gasteiger partial charge is 0.478 e. The summed E-state index contributed by atoms with van der Waals surface area (Å²) in [4.78, 5) is 4.04. The average Bonchev–Trinajstić information content (AvgIpc) is 2.33. The van der Waals surface area contributed by atoms with E-state index < -0.39 is 12.6 Å². The van der Waals surface area contributed by atoms with Gasteiger partial charge in [0.2, 0.25) is 5.88 Å². The van der Waals surface area contributed by atoms with Crippen LogP contribution in [0.4, 0.5) is 13.2 Å². The molecule has 1 rings (SSSR count). The molecule has 18 heavy (non-hydrogen) atoms. The Hall–Kier alpha value is -1.30. The van der Waals surface area contributed by atoms with Crippen molar-refractivity contribution >= 4 is 0 Å². The number of halogens is 3. The topological polar surface area (TPSA) is 34.1 Å². The molecule has 1 unspecified atom stereocenters. The van der Waals surface area contributed by atoms with E-state index in [-0.39, 0.29) is 19.1 Å². The van der Waals surface area contributed by atoms with Crippen molar-refractivity contribution in [1.29, 1.82) is 0 Å². The molecule has 0 amide bonds. The van der Waals surface area contributed by atoms with Gasteiger partial charge in [0.05, 0.1) is 6.61 Å². The van der Waals surface area contributed by atoms with Crippen molar-refractivity contribution < 1.29 is 17.9 Å². The Morgan fingerprint density at radius 2 is 2.11 bits per heavy atom. The Kier molecular flexibility index (Phi) is 5.40. The Labute approximate surface area is 104 Å². The lowest BCUT2D eigenvalue weighted by molar-refractivity contribution is -0.136. The maximum atomic E-state index is 11.9. The van der Waals surface area contributed by atoms with E-state index in [0.29, 0.717) is 5.88 Å². The second-order valence-corrected chi connectivity index (χ2v) is 4.01. The van der Waals surface area contributed by atoms with E-state index in [2.05, 4.69) is 10.3 Å². The molecule has 0 spiro atoms. The van der Waals surface area contributed by atoms with Gasteiger partial charge >= 0.3 is 6.18 Å². The molecule has 1 atom stereocenters. The van der Waals surface area contributed by atoms with Crippen LogP contribution in [0.3, 0.4) is 0 Å². The van der Waals surface area contributed by atoms with Crippen LogP contribution in [-0.2, 0) is 0 Å². The summed E-state index contributed by atoms with van der Waals surface area (Å²) in [6, 6.07) is 3.68. The molecule has 0 radical (unpaired) electrons. The van der Waals surface area contributed by atoms with E-state index in [0.717, 1.165) is 5.56 Å². The zero-order valence-corrected chi connectivity index (χ0v) is 10.4. The molecule has 0 fully saturated rings. The third-order valence-electron chi connectivity index (χ3n) is 2.55. The first kappa shape index (κ1) is 14.8. The molecule has 0 saturated heterocycles. The summed E-state index contributed by atoms with van der Waals surface area (Å²) < 4.78 is 40.8. The van der Waals surface area contributed by atoms with Gasteiger partial charge < -0.3 is 10.1 Å². The van der Waals surface area contributed by atoms with Crippen LogP contribution in [-0.4, -0.2) is 24.8 Å². The number of pyridine rings is 1. The highest BCUT2D eigenvalue weighted by Gasteiger charge is 2.26. The lowest BCUT2D eigenvalue weighted by Gasteiger charge is -2.11. The number of hydrogen-bond donors (Lipinski definition) is 1. The molecular formula is C12H17F3N2O. The van der Waals surface area contributed by atoms with Gasteiger partial charge in [-0.2, -0.15) is 13.2 Å². The Morgan fingerprint density at radius 1 is 1.39 bits per heavy atom. The molecule has 0 aliphatic carbocycles. The summed E-state index contributed by atoms with van der Waals surface area (Å²) in [6.07, 6.45) is -3.36. The van der Waals surface area contributed by atoms with Gasteiger partial charge in [0, 0.05) is 24.7 Å². The number of nitrogens with zero attached hydrogens (tertiary/aromatic N) is 1. The molecule has 0 aromatic carbocycles. The molecule has 102 valence electrons. The molecule has 1 aromatic heterocycles. The summed E-state index contributed by atoms with van der Waals surface area (Å²) in [5.74, 6) is 0.351. The molecule has 0 bridgehead atoms. The van der Waals surface area contributed by atoms with Gasteiger partial charge in [-0.1, -0.05) is 6.07 Å². The van der Waals surface area contributed by atoms with Crippen molar-refractivity contribution in [2.24, 2.45) is 0 Å². The summed E-state index contributed by atoms with van der Waals surface area (Å²) in [7, 11) is 1.84. The molecule has 1 aromatic rings. The van der Waals surface area contributed by atoms with Gasteiger partial charge in [-0.25, -0.2) is 4.98 Å². The predicted octanol–water partition coefficient (Wildman–Crippen LogP) is 3.08. The van der Waals surface area contributed by atoms with E-state index in [1.54, 1.807) is 12.3 Å². The number of hydrogen-bond acceptors (Lipinski definition) is 3. The molecule has 0 aliphatic rings. The standard InChI is InChI=1S/C12H17F3N2O/c1-9(16-2)10-4-5-11(17-8-10)18-7-3-6-12(13,14)15/h4-5,8-9,16H,3,6-7H2,1-2H3. The second kappa shape index (κ2) is 6.58. The summed E-state index contributed by atoms with van der Waals surface area (Å²) in [6.45, 7) is 2.01. The van der Waals surface area contributed by atoms with Crippen molar-refractivity contribution in [3.05, 3.63) is 23.9 Å². The third kappa shape index (κ3) is 5.35. The summed E-state index contributed by atoms with van der Waals surface area (Å²) >= 11 is 0. The number of aromatic nitrogens is 1. The second-order valence-electron chi connectivity index (χ2n) is 4.01. The van der Waals surface area contributed by atoms with Crippen molar-refractivity contribution in [1.82, 2.24) is 10.3 Å². The average molecular weight is 262 g/mol. The fraction of sp³-hybridized carbons (Fsp3) is 0.583. The fourth-order valence-electron chi connectivity index (χ4n) is 1.35. The fourth-order valence-corrected chi connectivity index (χ4v) is 1.35. The van der Waals surface area contributed by atoms with Crippen LogP contribution >= 0.6 is 0 Å². The van der Waals surface area contributed by atoms with Crippen molar-refractivity contribution in [2.45, 2.75) is 32.0 Å². The first-order valence-corrected chi connectivity index (χ1v) is 5.75. The van der Waals surface area contributed by atoms with Gasteiger partial charge in [0.1, 0.15) is 0 Å². The Bertz CT molecular complexity index is 351. The number of alkyl halides is 3. The van der Waals surface area contributed by atoms with Crippen LogP contribution < -0.4 is 10.1 Å². The first-order chi connectivity index (χ1) is 8.42. The van der Waals surface area contributed by atoms with E-state index in [1.807, 2.05) is 20.0 Å². The molecular weight excluding hydrogens is 245 g/mol. The Morgan fingerprint density at radius 3 is 2.61 bits per heavy atom. The highest BCUT2D eigenvalue weighted by Crippen LogP contribution is 2.21. The van der Waals surface area contributed by atoms with Gasteiger partial charge in [-0.15, -0.1) is 0 Å². The Balaban J connectivity index is 2.35. The monoisotopic (exact) mass is 262 g/mol. The van der Waals surface area contributed by atoms with Crippen LogP contribution in [0.1, 0.15) is 31.4 Å². The van der Waals surface area contributed by atoms with Gasteiger partial charge in [-0.3, -0.25) is 0 Å². The van der Waals surface area contributed by atoms with Crippen molar-refractivity contribution in [3.63, 3.8) is 0 Å². The normalized spacial score (nSPS) is 13.4. The van der Waals surface area contributed by atoms with Crippen molar-refractivity contribution in [3.8, 4) is 5.88 Å². The van der Waals surface area contributed by atoms with Gasteiger partial charge in [0.25, 0.3) is 0 Å². The highest BCUT2D eigenvalue weighted by molar-refractivity contribution is 5.20. The zero-order valence-electron chi connectivity index (χ0n) is 10.4. The maximum Gasteiger partial charge on any atom is 0.389 e. The smallest absolute Gasteiger partial charge is 0.389 e. The first-order valence-electron chi connectivity index (χ1n) is 5.75. The maximum absolute atomic E-state index is 11.9. The quantitative estimate of drug-likeness (QED) is 0.800. The van der Waals surface area contributed by atoms with E-state index in [9.17, 15) is 13.2 Å². The lowest BCUT2D eigenvalue weighted by atomic mass is 10.1. The van der Waals surface area contributed by atoms with Crippen LogP contribution in [0.2, 0.25) is 0 Å². The molecule has 6 heteroatoms. The molecule has 1 heterocycles. The minimum atomic E-state index is -4.12. The summed E-state index contributed by atoms with van der Waals surface area (Å²) in [5, 5.41) is 3.06. The van der Waals surface area contributed by atoms with Crippen LogP contribution in [0.15, 0.2) is 18.3 Å². The molecule has 3 nitrogen and oxygen atoms in total. The van der Waals surface area contributed by atoms with Crippen molar-refractivity contribution in [2.75, 3.05) is 13.7 Å². The lowest BCUT2D eigenvalue weighted by Crippen LogP contribution is -2.12. The van der Waals surface area contributed by atoms with E-state index >= 15 is 0 Å². The zero-order chi connectivity index (χ0) is 13.6. The van der Waals surface area contributed by atoms with Gasteiger partial charge in [-0.05, 0) is 26.0 Å². The van der Waals surface area contributed by atoms with Crippen LogP contribution in [0.25, 0.3) is 0 Å².